The standard InChI is InChI=1S/C20H25NO3S/c1-16-14-17(2)20(18(3)15-16)25(23,24)21(12-13-22)11-7-10-19-8-5-4-6-9-19/h4-10,14-15,22H,11-13H2,1-3H3/b10-7+. The highest BCUT2D eigenvalue weighted by Gasteiger charge is 2.26. The van der Waals surface area contributed by atoms with Crippen molar-refractivity contribution in [2.75, 3.05) is 19.7 Å². The predicted octanol–water partition coefficient (Wildman–Crippen LogP) is 3.31. The number of rotatable bonds is 7. The molecule has 0 aliphatic rings. The summed E-state index contributed by atoms with van der Waals surface area (Å²) in [7, 11) is -3.67. The Kier molecular flexibility index (Phi) is 6.53. The maximum Gasteiger partial charge on any atom is 0.243 e. The van der Waals surface area contributed by atoms with Crippen LogP contribution >= 0.6 is 0 Å². The Bertz CT molecular complexity index is 819. The third-order valence-corrected chi connectivity index (χ3v) is 6.14. The van der Waals surface area contributed by atoms with E-state index in [4.69, 9.17) is 0 Å². The lowest BCUT2D eigenvalue weighted by Crippen LogP contribution is -2.34. The molecule has 2 aromatic carbocycles. The van der Waals surface area contributed by atoms with Gasteiger partial charge in [-0.2, -0.15) is 4.31 Å². The summed E-state index contributed by atoms with van der Waals surface area (Å²) in [6.07, 6.45) is 3.69. The van der Waals surface area contributed by atoms with Crippen molar-refractivity contribution in [3.8, 4) is 0 Å². The predicted molar refractivity (Wildman–Crippen MR) is 102 cm³/mol. The summed E-state index contributed by atoms with van der Waals surface area (Å²) in [5, 5.41) is 9.32. The first kappa shape index (κ1) is 19.4. The average Bonchev–Trinajstić information content (AvgIpc) is 2.53. The topological polar surface area (TPSA) is 57.6 Å². The van der Waals surface area contributed by atoms with E-state index in [1.165, 1.54) is 4.31 Å². The molecule has 25 heavy (non-hydrogen) atoms. The van der Waals surface area contributed by atoms with Crippen molar-refractivity contribution in [3.05, 3.63) is 70.8 Å². The summed E-state index contributed by atoms with van der Waals surface area (Å²) in [6, 6.07) is 13.4. The minimum absolute atomic E-state index is 0.0637. The van der Waals surface area contributed by atoms with Crippen LogP contribution < -0.4 is 0 Å². The van der Waals surface area contributed by atoms with Crippen molar-refractivity contribution in [1.82, 2.24) is 4.31 Å². The second-order valence-electron chi connectivity index (χ2n) is 6.13. The van der Waals surface area contributed by atoms with Crippen LogP contribution in [0.4, 0.5) is 0 Å². The summed E-state index contributed by atoms with van der Waals surface area (Å²) < 4.78 is 27.5. The zero-order chi connectivity index (χ0) is 18.4. The molecule has 2 aromatic rings. The molecule has 0 atom stereocenters. The number of hydrogen-bond donors (Lipinski definition) is 1. The van der Waals surface area contributed by atoms with Crippen molar-refractivity contribution in [2.24, 2.45) is 0 Å². The fraction of sp³-hybridized carbons (Fsp3) is 0.300. The summed E-state index contributed by atoms with van der Waals surface area (Å²) in [5.74, 6) is 0. The van der Waals surface area contributed by atoms with Crippen molar-refractivity contribution < 1.29 is 13.5 Å². The zero-order valence-electron chi connectivity index (χ0n) is 14.9. The average molecular weight is 359 g/mol. The van der Waals surface area contributed by atoms with Gasteiger partial charge >= 0.3 is 0 Å². The van der Waals surface area contributed by atoms with Gasteiger partial charge in [0, 0.05) is 13.1 Å². The van der Waals surface area contributed by atoms with E-state index in [1.807, 2.05) is 69.3 Å². The number of sulfonamides is 1. The summed E-state index contributed by atoms with van der Waals surface area (Å²) in [5.41, 5.74) is 3.50. The molecule has 0 aromatic heterocycles. The SMILES string of the molecule is Cc1cc(C)c(S(=O)(=O)N(C/C=C/c2ccccc2)CCO)c(C)c1. The van der Waals surface area contributed by atoms with E-state index in [1.54, 1.807) is 6.08 Å². The molecule has 0 heterocycles. The van der Waals surface area contributed by atoms with Crippen molar-refractivity contribution >= 4 is 16.1 Å². The van der Waals surface area contributed by atoms with E-state index in [2.05, 4.69) is 0 Å². The smallest absolute Gasteiger partial charge is 0.243 e. The first-order valence-electron chi connectivity index (χ1n) is 8.26. The maximum absolute atomic E-state index is 13.1. The van der Waals surface area contributed by atoms with Gasteiger partial charge in [0.2, 0.25) is 10.0 Å². The molecule has 0 amide bonds. The Morgan fingerprint density at radius 1 is 1.04 bits per heavy atom. The van der Waals surface area contributed by atoms with E-state index in [-0.39, 0.29) is 19.7 Å². The lowest BCUT2D eigenvalue weighted by Gasteiger charge is -2.22. The Morgan fingerprint density at radius 2 is 1.64 bits per heavy atom. The van der Waals surface area contributed by atoms with Crippen LogP contribution in [0.25, 0.3) is 6.08 Å². The van der Waals surface area contributed by atoms with Crippen molar-refractivity contribution in [1.29, 1.82) is 0 Å². The summed E-state index contributed by atoms with van der Waals surface area (Å²) in [4.78, 5) is 0.333. The Labute approximate surface area is 150 Å². The molecule has 0 fully saturated rings. The quantitative estimate of drug-likeness (QED) is 0.825. The fourth-order valence-corrected chi connectivity index (χ4v) is 4.79. The van der Waals surface area contributed by atoms with Crippen molar-refractivity contribution in [3.63, 3.8) is 0 Å². The van der Waals surface area contributed by atoms with E-state index in [9.17, 15) is 13.5 Å². The molecule has 0 saturated carbocycles. The van der Waals surface area contributed by atoms with E-state index in [0.717, 1.165) is 22.3 Å². The van der Waals surface area contributed by atoms with Crippen LogP contribution in [0.3, 0.4) is 0 Å². The number of aryl methyl sites for hydroxylation is 3. The number of hydrogen-bond acceptors (Lipinski definition) is 3. The van der Waals surface area contributed by atoms with Gasteiger partial charge in [-0.3, -0.25) is 0 Å². The van der Waals surface area contributed by atoms with E-state index < -0.39 is 10.0 Å². The number of aliphatic hydroxyl groups excluding tert-OH is 1. The van der Waals surface area contributed by atoms with Crippen molar-refractivity contribution in [2.45, 2.75) is 25.7 Å². The van der Waals surface area contributed by atoms with Crippen LogP contribution in [0.5, 0.6) is 0 Å². The third-order valence-electron chi connectivity index (χ3n) is 3.97. The van der Waals surface area contributed by atoms with Crippen LogP contribution in [0.2, 0.25) is 0 Å². The van der Waals surface area contributed by atoms with Gasteiger partial charge in [-0.15, -0.1) is 0 Å². The zero-order valence-corrected chi connectivity index (χ0v) is 15.8. The van der Waals surface area contributed by atoms with E-state index >= 15 is 0 Å². The molecule has 134 valence electrons. The molecule has 0 spiro atoms. The van der Waals surface area contributed by atoms with Crippen LogP contribution in [-0.2, 0) is 10.0 Å². The highest BCUT2D eigenvalue weighted by atomic mass is 32.2. The minimum Gasteiger partial charge on any atom is -0.395 e. The first-order valence-corrected chi connectivity index (χ1v) is 9.70. The van der Waals surface area contributed by atoms with Crippen LogP contribution in [0.15, 0.2) is 53.4 Å². The van der Waals surface area contributed by atoms with Gasteiger partial charge in [-0.1, -0.05) is 60.2 Å². The van der Waals surface area contributed by atoms with Crippen LogP contribution in [0.1, 0.15) is 22.3 Å². The van der Waals surface area contributed by atoms with E-state index in [0.29, 0.717) is 4.90 Å². The minimum atomic E-state index is -3.67. The Morgan fingerprint density at radius 3 is 2.20 bits per heavy atom. The van der Waals surface area contributed by atoms with Gasteiger partial charge < -0.3 is 5.11 Å². The number of nitrogens with zero attached hydrogens (tertiary/aromatic N) is 1. The molecule has 5 heteroatoms. The first-order chi connectivity index (χ1) is 11.9. The summed E-state index contributed by atoms with van der Waals surface area (Å²) in [6.45, 7) is 5.62. The molecule has 0 radical (unpaired) electrons. The van der Waals surface area contributed by atoms with Gasteiger partial charge in [0.25, 0.3) is 0 Å². The molecular formula is C20H25NO3S. The fourth-order valence-electron chi connectivity index (χ4n) is 2.99. The lowest BCUT2D eigenvalue weighted by molar-refractivity contribution is 0.260. The summed E-state index contributed by atoms with van der Waals surface area (Å²) >= 11 is 0. The molecule has 2 rings (SSSR count). The monoisotopic (exact) mass is 359 g/mol. The second-order valence-corrected chi connectivity index (χ2v) is 8.00. The van der Waals surface area contributed by atoms with Crippen LogP contribution in [0, 0.1) is 20.8 Å². The molecule has 0 aliphatic heterocycles. The molecule has 4 nitrogen and oxygen atoms in total. The second kappa shape index (κ2) is 8.43. The molecule has 0 bridgehead atoms. The highest BCUT2D eigenvalue weighted by Crippen LogP contribution is 2.25. The van der Waals surface area contributed by atoms with Gasteiger partial charge in [0.15, 0.2) is 0 Å². The van der Waals surface area contributed by atoms with Gasteiger partial charge in [-0.05, 0) is 37.5 Å². The highest BCUT2D eigenvalue weighted by molar-refractivity contribution is 7.89. The van der Waals surface area contributed by atoms with Gasteiger partial charge in [-0.25, -0.2) is 8.42 Å². The largest absolute Gasteiger partial charge is 0.395 e. The molecule has 0 saturated heterocycles. The maximum atomic E-state index is 13.1. The van der Waals surface area contributed by atoms with Gasteiger partial charge in [0.1, 0.15) is 0 Å². The Hall–Kier alpha value is -1.95. The van der Waals surface area contributed by atoms with Crippen LogP contribution in [-0.4, -0.2) is 37.5 Å². The Balaban J connectivity index is 2.31. The number of aliphatic hydroxyl groups is 1. The lowest BCUT2D eigenvalue weighted by atomic mass is 10.1. The molecule has 1 N–H and O–H groups in total. The van der Waals surface area contributed by atoms with Gasteiger partial charge in [0.05, 0.1) is 11.5 Å². The molecule has 0 unspecified atom stereocenters. The normalized spacial score (nSPS) is 12.2. The molecule has 0 aliphatic carbocycles. The molecular weight excluding hydrogens is 334 g/mol. The third kappa shape index (κ3) is 4.78. The number of benzene rings is 2.